The summed E-state index contributed by atoms with van der Waals surface area (Å²) in [5, 5.41) is 5.97. The summed E-state index contributed by atoms with van der Waals surface area (Å²) >= 11 is 3.08. The number of fused-ring (bicyclic) bond motifs is 1. The molecule has 0 spiro atoms. The molecule has 4 aromatic rings. The van der Waals surface area contributed by atoms with E-state index in [9.17, 15) is 26.7 Å². The molecule has 2 aromatic heterocycles. The largest absolute Gasteiger partial charge is 0.433 e. The molecule has 0 saturated heterocycles. The Bertz CT molecular complexity index is 1300. The van der Waals surface area contributed by atoms with Crippen LogP contribution in [0, 0.1) is 11.6 Å². The van der Waals surface area contributed by atoms with E-state index in [0.717, 1.165) is 30.3 Å². The smallest absolute Gasteiger partial charge is 0.318 e. The Hall–Kier alpha value is -3.34. The fraction of sp³-hybridized carbons (Fsp3) is 0.0500. The Balaban J connectivity index is 1.78. The molecule has 0 aliphatic carbocycles. The Kier molecular flexibility index (Phi) is 5.21. The maximum atomic E-state index is 14.0. The number of hydrogen-bond donors (Lipinski definition) is 1. The van der Waals surface area contributed by atoms with Crippen molar-refractivity contribution in [2.45, 2.75) is 6.18 Å². The molecular weight excluding hydrogens is 487 g/mol. The molecule has 0 saturated carbocycles. The van der Waals surface area contributed by atoms with Crippen molar-refractivity contribution >= 4 is 33.2 Å². The summed E-state index contributed by atoms with van der Waals surface area (Å²) in [5.74, 6) is -2.20. The van der Waals surface area contributed by atoms with Crippen molar-refractivity contribution < 1.29 is 26.7 Å². The first-order valence-electron chi connectivity index (χ1n) is 8.62. The zero-order valence-electron chi connectivity index (χ0n) is 15.2. The van der Waals surface area contributed by atoms with Gasteiger partial charge in [-0.05, 0) is 48.5 Å². The number of benzene rings is 2. The van der Waals surface area contributed by atoms with Crippen molar-refractivity contribution in [3.05, 3.63) is 82.1 Å². The quantitative estimate of drug-likeness (QED) is 0.369. The van der Waals surface area contributed by atoms with Gasteiger partial charge in [-0.1, -0.05) is 15.9 Å². The van der Waals surface area contributed by atoms with Crippen molar-refractivity contribution in [1.29, 1.82) is 0 Å². The van der Waals surface area contributed by atoms with Crippen LogP contribution in [-0.4, -0.2) is 20.5 Å². The second-order valence-corrected chi connectivity index (χ2v) is 7.32. The first-order valence-corrected chi connectivity index (χ1v) is 9.41. The van der Waals surface area contributed by atoms with Gasteiger partial charge in [0.2, 0.25) is 0 Å². The molecule has 158 valence electrons. The molecule has 0 unspecified atom stereocenters. The van der Waals surface area contributed by atoms with Crippen LogP contribution >= 0.6 is 15.9 Å². The number of halogens is 6. The van der Waals surface area contributed by atoms with Gasteiger partial charge in [-0.2, -0.15) is 18.3 Å². The summed E-state index contributed by atoms with van der Waals surface area (Å²) in [6.45, 7) is 0. The summed E-state index contributed by atoms with van der Waals surface area (Å²) in [5.41, 5.74) is -1.82. The van der Waals surface area contributed by atoms with Gasteiger partial charge in [0.15, 0.2) is 17.0 Å². The molecular formula is C20H10BrF5N4O. The Morgan fingerprint density at radius 1 is 1.00 bits per heavy atom. The van der Waals surface area contributed by atoms with Crippen LogP contribution in [-0.2, 0) is 6.18 Å². The molecule has 0 aliphatic heterocycles. The highest BCUT2D eigenvalue weighted by Crippen LogP contribution is 2.32. The molecule has 4 rings (SSSR count). The van der Waals surface area contributed by atoms with Crippen LogP contribution in [0.25, 0.3) is 16.9 Å². The Morgan fingerprint density at radius 2 is 1.71 bits per heavy atom. The van der Waals surface area contributed by atoms with Gasteiger partial charge in [-0.15, -0.1) is 0 Å². The van der Waals surface area contributed by atoms with Gasteiger partial charge in [0.05, 0.1) is 11.4 Å². The minimum atomic E-state index is -4.81. The van der Waals surface area contributed by atoms with E-state index in [4.69, 9.17) is 0 Å². The number of alkyl halides is 3. The molecule has 5 nitrogen and oxygen atoms in total. The number of rotatable bonds is 3. The third-order valence-corrected chi connectivity index (χ3v) is 4.76. The van der Waals surface area contributed by atoms with Crippen LogP contribution in [0.2, 0.25) is 0 Å². The lowest BCUT2D eigenvalue weighted by Crippen LogP contribution is -2.16. The van der Waals surface area contributed by atoms with Gasteiger partial charge in [0.25, 0.3) is 5.91 Å². The molecule has 11 heteroatoms. The summed E-state index contributed by atoms with van der Waals surface area (Å²) in [7, 11) is 0. The molecule has 0 radical (unpaired) electrons. The van der Waals surface area contributed by atoms with E-state index >= 15 is 0 Å². The fourth-order valence-corrected chi connectivity index (χ4v) is 3.17. The number of nitrogens with zero attached hydrogens (tertiary/aromatic N) is 3. The second kappa shape index (κ2) is 7.73. The van der Waals surface area contributed by atoms with Gasteiger partial charge in [-0.25, -0.2) is 18.3 Å². The predicted molar refractivity (Wildman–Crippen MR) is 105 cm³/mol. The summed E-state index contributed by atoms with van der Waals surface area (Å²) in [6.07, 6.45) is -4.81. The zero-order valence-corrected chi connectivity index (χ0v) is 16.8. The predicted octanol–water partition coefficient (Wildman–Crippen LogP) is 5.71. The van der Waals surface area contributed by atoms with E-state index in [1.54, 1.807) is 0 Å². The number of hydrogen-bond acceptors (Lipinski definition) is 3. The second-order valence-electron chi connectivity index (χ2n) is 6.41. The highest BCUT2D eigenvalue weighted by Gasteiger charge is 2.35. The summed E-state index contributed by atoms with van der Waals surface area (Å²) in [4.78, 5) is 16.6. The molecule has 2 aromatic carbocycles. The topological polar surface area (TPSA) is 59.3 Å². The van der Waals surface area contributed by atoms with Crippen LogP contribution in [0.3, 0.4) is 0 Å². The van der Waals surface area contributed by atoms with E-state index in [0.29, 0.717) is 8.99 Å². The number of carbonyl (C=O) groups excluding carboxylic acids is 1. The van der Waals surface area contributed by atoms with Crippen molar-refractivity contribution in [2.75, 3.05) is 5.32 Å². The minimum absolute atomic E-state index is 0.0781. The Morgan fingerprint density at radius 3 is 2.35 bits per heavy atom. The van der Waals surface area contributed by atoms with Crippen molar-refractivity contribution in [1.82, 2.24) is 14.6 Å². The highest BCUT2D eigenvalue weighted by atomic mass is 79.9. The van der Waals surface area contributed by atoms with Crippen molar-refractivity contribution in [3.8, 4) is 11.3 Å². The molecule has 0 aliphatic rings. The first kappa shape index (κ1) is 20.9. The van der Waals surface area contributed by atoms with E-state index in [1.807, 2.05) is 0 Å². The molecule has 0 atom stereocenters. The molecule has 2 heterocycles. The lowest BCUT2D eigenvalue weighted by atomic mass is 10.1. The number of amides is 1. The van der Waals surface area contributed by atoms with Crippen LogP contribution in [0.15, 0.2) is 59.1 Å². The monoisotopic (exact) mass is 496 g/mol. The molecule has 1 N–H and O–H groups in total. The first-order chi connectivity index (χ1) is 14.6. The van der Waals surface area contributed by atoms with Crippen LogP contribution < -0.4 is 5.32 Å². The average molecular weight is 497 g/mol. The third kappa shape index (κ3) is 4.26. The van der Waals surface area contributed by atoms with Gasteiger partial charge in [0.1, 0.15) is 11.6 Å². The average Bonchev–Trinajstić information content (AvgIpc) is 3.13. The molecule has 1 amide bonds. The highest BCUT2D eigenvalue weighted by molar-refractivity contribution is 9.10. The SMILES string of the molecule is O=C(Nc1ccc(Br)cc1F)c1cc2nc(-c3ccc(F)cc3)cc(C(F)(F)F)n2n1. The number of carbonyl (C=O) groups is 1. The van der Waals surface area contributed by atoms with Gasteiger partial charge >= 0.3 is 6.18 Å². The number of aromatic nitrogens is 3. The summed E-state index contributed by atoms with van der Waals surface area (Å²) in [6, 6.07) is 10.5. The summed E-state index contributed by atoms with van der Waals surface area (Å²) < 4.78 is 68.9. The minimum Gasteiger partial charge on any atom is -0.318 e. The zero-order chi connectivity index (χ0) is 22.3. The molecule has 0 fully saturated rings. The lowest BCUT2D eigenvalue weighted by molar-refractivity contribution is -0.142. The normalized spacial score (nSPS) is 11.7. The Labute approximate surface area is 179 Å². The number of nitrogens with one attached hydrogen (secondary N) is 1. The van der Waals surface area contributed by atoms with E-state index in [2.05, 4.69) is 31.3 Å². The molecule has 31 heavy (non-hydrogen) atoms. The fourth-order valence-electron chi connectivity index (χ4n) is 2.83. The van der Waals surface area contributed by atoms with Crippen LogP contribution in [0.5, 0.6) is 0 Å². The van der Waals surface area contributed by atoms with Gasteiger partial charge in [0, 0.05) is 16.1 Å². The standard InChI is InChI=1S/C20H10BrF5N4O/c21-11-3-6-14(13(23)7-11)28-19(31)16-9-18-27-15(10-1-4-12(22)5-2-10)8-17(20(24,25)26)30(18)29-16/h1-9H,(H,28,31). The van der Waals surface area contributed by atoms with E-state index < -0.39 is 35.1 Å². The van der Waals surface area contributed by atoms with Gasteiger partial charge in [-0.3, -0.25) is 4.79 Å². The van der Waals surface area contributed by atoms with Crippen molar-refractivity contribution in [2.24, 2.45) is 0 Å². The van der Waals surface area contributed by atoms with Crippen LogP contribution in [0.4, 0.5) is 27.6 Å². The van der Waals surface area contributed by atoms with Gasteiger partial charge < -0.3 is 5.32 Å². The number of anilines is 1. The lowest BCUT2D eigenvalue weighted by Gasteiger charge is -2.11. The molecule has 0 bridgehead atoms. The maximum absolute atomic E-state index is 14.0. The van der Waals surface area contributed by atoms with Crippen LogP contribution in [0.1, 0.15) is 16.2 Å². The van der Waals surface area contributed by atoms with Crippen molar-refractivity contribution in [3.63, 3.8) is 0 Å². The van der Waals surface area contributed by atoms with E-state index in [1.165, 1.54) is 24.3 Å². The maximum Gasteiger partial charge on any atom is 0.433 e. The third-order valence-electron chi connectivity index (χ3n) is 4.27. The van der Waals surface area contributed by atoms with E-state index in [-0.39, 0.29) is 22.6 Å².